The van der Waals surface area contributed by atoms with E-state index in [1.165, 1.54) is 18.4 Å². The van der Waals surface area contributed by atoms with Crippen molar-refractivity contribution in [3.63, 3.8) is 0 Å². The van der Waals surface area contributed by atoms with Gasteiger partial charge in [0, 0.05) is 57.5 Å². The van der Waals surface area contributed by atoms with Gasteiger partial charge in [-0.15, -0.1) is 0 Å². The summed E-state index contributed by atoms with van der Waals surface area (Å²) in [6.07, 6.45) is 8.52. The molecule has 1 N–H and O–H groups in total. The van der Waals surface area contributed by atoms with E-state index >= 15 is 0 Å². The average Bonchev–Trinajstić information content (AvgIpc) is 3.39. The van der Waals surface area contributed by atoms with Crippen molar-refractivity contribution in [2.45, 2.75) is 51.0 Å². The third kappa shape index (κ3) is 6.64. The van der Waals surface area contributed by atoms with Gasteiger partial charge in [0.05, 0.1) is 6.04 Å². The molecule has 1 unspecified atom stereocenters. The molecule has 33 heavy (non-hydrogen) atoms. The minimum absolute atomic E-state index is 0.0854. The first-order valence-electron chi connectivity index (χ1n) is 12.4. The van der Waals surface area contributed by atoms with Crippen LogP contribution >= 0.6 is 0 Å². The molecule has 1 atom stereocenters. The molecule has 1 aliphatic carbocycles. The van der Waals surface area contributed by atoms with Gasteiger partial charge in [0.2, 0.25) is 11.8 Å². The summed E-state index contributed by atoms with van der Waals surface area (Å²) in [6, 6.07) is 16.0. The summed E-state index contributed by atoms with van der Waals surface area (Å²) in [5, 5.41) is 3.18. The molecule has 2 fully saturated rings. The molecule has 1 aliphatic heterocycles. The standard InChI is InChI=1S/C27H36N4O2/c32-25(14-13-22-8-2-1-3-9-22)30-18-20-31(21-19-30)26(23-10-4-5-11-23)27(33)29-17-15-24-12-6-7-16-28-24/h1-3,6-9,12,16,23,26H,4-5,10-11,13-15,17-21H2,(H,29,33). The lowest BCUT2D eigenvalue weighted by Gasteiger charge is -2.40. The van der Waals surface area contributed by atoms with E-state index in [9.17, 15) is 9.59 Å². The molecular weight excluding hydrogens is 412 g/mol. The fourth-order valence-corrected chi connectivity index (χ4v) is 5.22. The number of hydrogen-bond donors (Lipinski definition) is 1. The van der Waals surface area contributed by atoms with Crippen LogP contribution in [0.4, 0.5) is 0 Å². The highest BCUT2D eigenvalue weighted by Gasteiger charge is 2.37. The van der Waals surface area contributed by atoms with Crippen LogP contribution in [-0.4, -0.2) is 65.4 Å². The molecule has 2 aliphatic rings. The minimum Gasteiger partial charge on any atom is -0.354 e. The van der Waals surface area contributed by atoms with E-state index in [-0.39, 0.29) is 17.9 Å². The lowest BCUT2D eigenvalue weighted by atomic mass is 9.95. The second-order valence-corrected chi connectivity index (χ2v) is 9.25. The van der Waals surface area contributed by atoms with Crippen molar-refractivity contribution in [3.05, 3.63) is 66.0 Å². The quantitative estimate of drug-likeness (QED) is 0.640. The van der Waals surface area contributed by atoms with Crippen LogP contribution in [0.3, 0.4) is 0 Å². The molecule has 2 amide bonds. The summed E-state index contributed by atoms with van der Waals surface area (Å²) in [7, 11) is 0. The van der Waals surface area contributed by atoms with Gasteiger partial charge in [0.1, 0.15) is 0 Å². The monoisotopic (exact) mass is 448 g/mol. The van der Waals surface area contributed by atoms with Gasteiger partial charge in [0.15, 0.2) is 0 Å². The SMILES string of the molecule is O=C(NCCc1ccccn1)C(C1CCCC1)N1CCN(C(=O)CCc2ccccc2)CC1. The number of rotatable bonds is 9. The van der Waals surface area contributed by atoms with E-state index in [0.717, 1.165) is 44.5 Å². The molecule has 1 saturated heterocycles. The number of aryl methyl sites for hydroxylation is 1. The van der Waals surface area contributed by atoms with Gasteiger partial charge in [0.25, 0.3) is 0 Å². The van der Waals surface area contributed by atoms with Crippen molar-refractivity contribution in [1.82, 2.24) is 20.1 Å². The number of carbonyl (C=O) groups excluding carboxylic acids is 2. The largest absolute Gasteiger partial charge is 0.354 e. The van der Waals surface area contributed by atoms with Gasteiger partial charge in [-0.3, -0.25) is 19.5 Å². The van der Waals surface area contributed by atoms with Crippen molar-refractivity contribution in [2.75, 3.05) is 32.7 Å². The Hall–Kier alpha value is -2.73. The number of hydrogen-bond acceptors (Lipinski definition) is 4. The molecule has 2 aromatic rings. The molecule has 1 aromatic heterocycles. The van der Waals surface area contributed by atoms with Gasteiger partial charge >= 0.3 is 0 Å². The first kappa shape index (κ1) is 23.4. The first-order chi connectivity index (χ1) is 16.2. The van der Waals surface area contributed by atoms with Crippen LogP contribution in [0.25, 0.3) is 0 Å². The van der Waals surface area contributed by atoms with Crippen LogP contribution in [0.2, 0.25) is 0 Å². The number of piperazine rings is 1. The zero-order valence-electron chi connectivity index (χ0n) is 19.5. The van der Waals surface area contributed by atoms with Crippen molar-refractivity contribution < 1.29 is 9.59 Å². The Labute approximate surface area is 197 Å². The molecule has 6 nitrogen and oxygen atoms in total. The number of pyridine rings is 1. The Morgan fingerprint density at radius 1 is 0.939 bits per heavy atom. The lowest BCUT2D eigenvalue weighted by Crippen LogP contribution is -2.58. The first-order valence-corrected chi connectivity index (χ1v) is 12.4. The van der Waals surface area contributed by atoms with E-state index in [2.05, 4.69) is 27.3 Å². The van der Waals surface area contributed by atoms with Crippen LogP contribution in [0.1, 0.15) is 43.4 Å². The van der Waals surface area contributed by atoms with Crippen LogP contribution in [-0.2, 0) is 22.4 Å². The molecule has 0 bridgehead atoms. The molecule has 176 valence electrons. The maximum Gasteiger partial charge on any atom is 0.237 e. The van der Waals surface area contributed by atoms with Gasteiger partial charge in [-0.25, -0.2) is 0 Å². The summed E-state index contributed by atoms with van der Waals surface area (Å²) in [5.74, 6) is 0.776. The second-order valence-electron chi connectivity index (χ2n) is 9.25. The van der Waals surface area contributed by atoms with Crippen molar-refractivity contribution in [1.29, 1.82) is 0 Å². The highest BCUT2D eigenvalue weighted by molar-refractivity contribution is 5.82. The number of aromatic nitrogens is 1. The molecule has 1 aromatic carbocycles. The summed E-state index contributed by atoms with van der Waals surface area (Å²) in [4.78, 5) is 34.6. The summed E-state index contributed by atoms with van der Waals surface area (Å²) in [5.41, 5.74) is 2.20. The molecule has 2 heterocycles. The Bertz CT molecular complexity index is 876. The average molecular weight is 449 g/mol. The lowest BCUT2D eigenvalue weighted by molar-refractivity contribution is -0.135. The number of carbonyl (C=O) groups is 2. The van der Waals surface area contributed by atoms with Crippen LogP contribution in [0.5, 0.6) is 0 Å². The van der Waals surface area contributed by atoms with Crippen LogP contribution < -0.4 is 5.32 Å². The maximum absolute atomic E-state index is 13.2. The van der Waals surface area contributed by atoms with Crippen molar-refractivity contribution >= 4 is 11.8 Å². The Kier molecular flexibility index (Phi) is 8.47. The number of nitrogens with zero attached hydrogens (tertiary/aromatic N) is 3. The molecule has 1 saturated carbocycles. The predicted molar refractivity (Wildman–Crippen MR) is 130 cm³/mol. The normalized spacial score (nSPS) is 18.2. The Balaban J connectivity index is 1.28. The third-order valence-electron chi connectivity index (χ3n) is 7.05. The molecular formula is C27H36N4O2. The highest BCUT2D eigenvalue weighted by atomic mass is 16.2. The highest BCUT2D eigenvalue weighted by Crippen LogP contribution is 2.31. The Morgan fingerprint density at radius 2 is 1.67 bits per heavy atom. The van der Waals surface area contributed by atoms with E-state index in [4.69, 9.17) is 0 Å². The van der Waals surface area contributed by atoms with Gasteiger partial charge in [-0.1, -0.05) is 49.2 Å². The number of benzene rings is 1. The van der Waals surface area contributed by atoms with Crippen LogP contribution in [0, 0.1) is 5.92 Å². The van der Waals surface area contributed by atoms with E-state index in [1.54, 1.807) is 6.20 Å². The maximum atomic E-state index is 13.2. The second kappa shape index (κ2) is 11.9. The molecule has 0 spiro atoms. The summed E-state index contributed by atoms with van der Waals surface area (Å²) >= 11 is 0. The van der Waals surface area contributed by atoms with E-state index in [1.807, 2.05) is 41.3 Å². The smallest absolute Gasteiger partial charge is 0.237 e. The van der Waals surface area contributed by atoms with Gasteiger partial charge in [-0.05, 0) is 42.9 Å². The van der Waals surface area contributed by atoms with Crippen molar-refractivity contribution in [2.24, 2.45) is 5.92 Å². The van der Waals surface area contributed by atoms with E-state index in [0.29, 0.717) is 32.0 Å². The van der Waals surface area contributed by atoms with E-state index < -0.39 is 0 Å². The zero-order valence-corrected chi connectivity index (χ0v) is 19.5. The minimum atomic E-state index is -0.0854. The van der Waals surface area contributed by atoms with Gasteiger partial charge in [-0.2, -0.15) is 0 Å². The molecule has 6 heteroatoms. The summed E-state index contributed by atoms with van der Waals surface area (Å²) in [6.45, 7) is 3.56. The zero-order chi connectivity index (χ0) is 22.9. The molecule has 0 radical (unpaired) electrons. The predicted octanol–water partition coefficient (Wildman–Crippen LogP) is 3.08. The Morgan fingerprint density at radius 3 is 2.36 bits per heavy atom. The van der Waals surface area contributed by atoms with Crippen LogP contribution in [0.15, 0.2) is 54.7 Å². The number of amides is 2. The third-order valence-corrected chi connectivity index (χ3v) is 7.05. The van der Waals surface area contributed by atoms with Crippen molar-refractivity contribution in [3.8, 4) is 0 Å². The molecule has 4 rings (SSSR count). The number of nitrogens with one attached hydrogen (secondary N) is 1. The fraction of sp³-hybridized carbons (Fsp3) is 0.519. The van der Waals surface area contributed by atoms with Gasteiger partial charge < -0.3 is 10.2 Å². The summed E-state index contributed by atoms with van der Waals surface area (Å²) < 4.78 is 0. The fourth-order valence-electron chi connectivity index (χ4n) is 5.22. The topological polar surface area (TPSA) is 65.5 Å².